The number of nitrogens with one attached hydrogen (secondary N) is 1. The van der Waals surface area contributed by atoms with Gasteiger partial charge >= 0.3 is 0 Å². The van der Waals surface area contributed by atoms with Crippen LogP contribution in [0.2, 0.25) is 0 Å². The molecule has 2 aromatic heterocycles. The molecule has 0 spiro atoms. The van der Waals surface area contributed by atoms with Crippen LogP contribution in [0.5, 0.6) is 0 Å². The molecule has 2 aromatic carbocycles. The summed E-state index contributed by atoms with van der Waals surface area (Å²) < 4.78 is 22.8. The van der Waals surface area contributed by atoms with Crippen molar-refractivity contribution in [1.82, 2.24) is 4.57 Å². The third-order valence-corrected chi connectivity index (χ3v) is 8.64. The van der Waals surface area contributed by atoms with E-state index in [-0.39, 0.29) is 11.5 Å². The number of thiazole rings is 1. The minimum atomic E-state index is -0.782. The average molecular weight is 622 g/mol. The SMILES string of the molecule is CC1=C(C(=O)Nc2ccccc2)[C@H](c2ccc(F)cc2)n2c(s/c(=C/c3cc(Br)c(N4CCCCC4)o3)c2=O)=N1. The Labute approximate surface area is 242 Å². The molecule has 2 aliphatic heterocycles. The fraction of sp³-hybridized carbons (Fsp3) is 0.233. The molecule has 6 rings (SSSR count). The van der Waals surface area contributed by atoms with Gasteiger partial charge in [0.05, 0.1) is 26.3 Å². The van der Waals surface area contributed by atoms with Gasteiger partial charge in [-0.05, 0) is 71.9 Å². The first-order valence-electron chi connectivity index (χ1n) is 13.1. The maximum absolute atomic E-state index is 13.9. The molecule has 1 N–H and O–H groups in total. The summed E-state index contributed by atoms with van der Waals surface area (Å²) in [6.07, 6.45) is 5.16. The molecule has 1 saturated heterocycles. The number of amides is 1. The highest BCUT2D eigenvalue weighted by molar-refractivity contribution is 9.10. The van der Waals surface area contributed by atoms with E-state index < -0.39 is 11.9 Å². The molecule has 0 unspecified atom stereocenters. The maximum Gasteiger partial charge on any atom is 0.271 e. The van der Waals surface area contributed by atoms with E-state index in [0.717, 1.165) is 36.3 Å². The zero-order valence-electron chi connectivity index (χ0n) is 21.7. The fourth-order valence-electron chi connectivity index (χ4n) is 5.18. The predicted octanol–water partition coefficient (Wildman–Crippen LogP) is 5.36. The molecule has 4 aromatic rings. The van der Waals surface area contributed by atoms with Crippen LogP contribution in [0.3, 0.4) is 0 Å². The van der Waals surface area contributed by atoms with E-state index in [4.69, 9.17) is 4.42 Å². The summed E-state index contributed by atoms with van der Waals surface area (Å²) >= 11 is 4.84. The second kappa shape index (κ2) is 11.0. The molecule has 40 heavy (non-hydrogen) atoms. The van der Waals surface area contributed by atoms with Gasteiger partial charge in [-0.3, -0.25) is 14.2 Å². The van der Waals surface area contributed by atoms with Crippen LogP contribution in [0.1, 0.15) is 43.6 Å². The summed E-state index contributed by atoms with van der Waals surface area (Å²) in [6.45, 7) is 3.61. The van der Waals surface area contributed by atoms with Crippen LogP contribution in [0.15, 0.2) is 90.6 Å². The number of halogens is 2. The molecular formula is C30H26BrFN4O3S. The van der Waals surface area contributed by atoms with E-state index >= 15 is 0 Å². The van der Waals surface area contributed by atoms with Crippen molar-refractivity contribution in [3.63, 3.8) is 0 Å². The first-order valence-corrected chi connectivity index (χ1v) is 14.7. The number of carbonyl (C=O) groups is 1. The van der Waals surface area contributed by atoms with Crippen molar-refractivity contribution in [1.29, 1.82) is 0 Å². The van der Waals surface area contributed by atoms with Crippen molar-refractivity contribution in [2.24, 2.45) is 4.99 Å². The molecule has 204 valence electrons. The zero-order valence-corrected chi connectivity index (χ0v) is 24.1. The summed E-state index contributed by atoms with van der Waals surface area (Å²) in [5, 5.41) is 2.91. The third-order valence-electron chi connectivity index (χ3n) is 7.09. The normalized spacial score (nSPS) is 17.5. The number of carbonyl (C=O) groups excluding carboxylic acids is 1. The Balaban J connectivity index is 1.44. The van der Waals surface area contributed by atoms with Gasteiger partial charge in [-0.15, -0.1) is 0 Å². The van der Waals surface area contributed by atoms with Gasteiger partial charge in [0.25, 0.3) is 11.5 Å². The van der Waals surface area contributed by atoms with Crippen molar-refractivity contribution >= 4 is 50.8 Å². The number of rotatable bonds is 5. The van der Waals surface area contributed by atoms with Crippen molar-refractivity contribution in [3.8, 4) is 0 Å². The summed E-state index contributed by atoms with van der Waals surface area (Å²) in [6, 6.07) is 16.0. The lowest BCUT2D eigenvalue weighted by atomic mass is 9.95. The van der Waals surface area contributed by atoms with Crippen LogP contribution in [-0.2, 0) is 4.79 Å². The molecule has 1 fully saturated rings. The molecule has 2 aliphatic rings. The molecule has 7 nitrogen and oxygen atoms in total. The Bertz CT molecular complexity index is 1780. The quantitative estimate of drug-likeness (QED) is 0.326. The highest BCUT2D eigenvalue weighted by atomic mass is 79.9. The number of para-hydroxylation sites is 1. The Kier molecular flexibility index (Phi) is 7.29. The minimum Gasteiger partial charge on any atom is -0.440 e. The van der Waals surface area contributed by atoms with Gasteiger partial charge in [0.15, 0.2) is 4.80 Å². The Hall–Kier alpha value is -3.76. The average Bonchev–Trinajstić information content (AvgIpc) is 3.47. The standard InChI is InChI=1S/C30H26BrFN4O3S/c1-18-25(27(37)34-21-8-4-2-5-9-21)26(19-10-12-20(32)13-11-19)36-28(38)24(40-30(36)33-18)17-22-16-23(31)29(39-22)35-14-6-3-7-15-35/h2,4-5,8-13,16-17,26H,3,6-7,14-15H2,1H3,(H,34,37)/b24-17+/t26-/m0/s1. The molecule has 1 amide bonds. The van der Waals surface area contributed by atoms with Crippen LogP contribution in [-0.4, -0.2) is 23.6 Å². The molecule has 0 aliphatic carbocycles. The lowest BCUT2D eigenvalue weighted by Gasteiger charge is -2.26. The fourth-order valence-corrected chi connectivity index (χ4v) is 6.77. The number of nitrogens with zero attached hydrogens (tertiary/aromatic N) is 3. The third kappa shape index (κ3) is 5.09. The van der Waals surface area contributed by atoms with Crippen LogP contribution >= 0.6 is 27.3 Å². The second-order valence-electron chi connectivity index (χ2n) is 9.80. The number of benzene rings is 2. The largest absolute Gasteiger partial charge is 0.440 e. The van der Waals surface area contributed by atoms with Gasteiger partial charge in [0, 0.05) is 30.9 Å². The number of hydrogen-bond donors (Lipinski definition) is 1. The molecule has 10 heteroatoms. The van der Waals surface area contributed by atoms with E-state index in [1.165, 1.54) is 34.5 Å². The Morgan fingerprint density at radius 1 is 1.12 bits per heavy atom. The molecule has 0 bridgehead atoms. The first kappa shape index (κ1) is 26.5. The predicted molar refractivity (Wildman–Crippen MR) is 158 cm³/mol. The Morgan fingerprint density at radius 2 is 1.85 bits per heavy atom. The van der Waals surface area contributed by atoms with Crippen LogP contribution < -0.4 is 25.1 Å². The first-order chi connectivity index (χ1) is 19.4. The van der Waals surface area contributed by atoms with Crippen LogP contribution in [0.4, 0.5) is 16.0 Å². The highest BCUT2D eigenvalue weighted by Crippen LogP contribution is 2.33. The van der Waals surface area contributed by atoms with E-state index in [0.29, 0.717) is 37.6 Å². The van der Waals surface area contributed by atoms with Crippen molar-refractivity contribution < 1.29 is 13.6 Å². The van der Waals surface area contributed by atoms with E-state index in [2.05, 4.69) is 31.1 Å². The Morgan fingerprint density at radius 3 is 2.58 bits per heavy atom. The van der Waals surface area contributed by atoms with Crippen molar-refractivity contribution in [2.75, 3.05) is 23.3 Å². The molecule has 1 atom stereocenters. The molecule has 4 heterocycles. The molecule has 0 saturated carbocycles. The topological polar surface area (TPSA) is 79.8 Å². The van der Waals surface area contributed by atoms with Gasteiger partial charge in [-0.2, -0.15) is 0 Å². The zero-order chi connectivity index (χ0) is 27.8. The monoisotopic (exact) mass is 620 g/mol. The summed E-state index contributed by atoms with van der Waals surface area (Å²) in [4.78, 5) is 34.8. The number of hydrogen-bond acceptors (Lipinski definition) is 6. The number of furan rings is 1. The summed E-state index contributed by atoms with van der Waals surface area (Å²) in [7, 11) is 0. The molecule has 0 radical (unpaired) electrons. The van der Waals surface area contributed by atoms with Gasteiger partial charge in [0.2, 0.25) is 5.88 Å². The lowest BCUT2D eigenvalue weighted by Crippen LogP contribution is -2.40. The van der Waals surface area contributed by atoms with Crippen LogP contribution in [0, 0.1) is 5.82 Å². The maximum atomic E-state index is 13.9. The van der Waals surface area contributed by atoms with Gasteiger partial charge < -0.3 is 14.6 Å². The van der Waals surface area contributed by atoms with Crippen molar-refractivity contribution in [2.45, 2.75) is 32.2 Å². The number of piperidine rings is 1. The van der Waals surface area contributed by atoms with Gasteiger partial charge in [0.1, 0.15) is 11.6 Å². The highest BCUT2D eigenvalue weighted by Gasteiger charge is 2.32. The van der Waals surface area contributed by atoms with E-state index in [1.807, 2.05) is 24.3 Å². The summed E-state index contributed by atoms with van der Waals surface area (Å²) in [5.74, 6) is 0.532. The van der Waals surface area contributed by atoms with E-state index in [1.54, 1.807) is 37.3 Å². The summed E-state index contributed by atoms with van der Waals surface area (Å²) in [5.41, 5.74) is 1.74. The number of allylic oxidation sites excluding steroid dienone is 1. The van der Waals surface area contributed by atoms with E-state index in [9.17, 15) is 14.0 Å². The number of aromatic nitrogens is 1. The number of fused-ring (bicyclic) bond motifs is 1. The van der Waals surface area contributed by atoms with Gasteiger partial charge in [-0.1, -0.05) is 41.7 Å². The minimum absolute atomic E-state index is 0.303. The van der Waals surface area contributed by atoms with Crippen LogP contribution in [0.25, 0.3) is 6.08 Å². The lowest BCUT2D eigenvalue weighted by molar-refractivity contribution is -0.113. The molecular weight excluding hydrogens is 595 g/mol. The van der Waals surface area contributed by atoms with Crippen molar-refractivity contribution in [3.05, 3.63) is 113 Å². The number of anilines is 2. The second-order valence-corrected chi connectivity index (χ2v) is 11.7. The van der Waals surface area contributed by atoms with Gasteiger partial charge in [-0.25, -0.2) is 9.38 Å². The smallest absolute Gasteiger partial charge is 0.271 e.